The summed E-state index contributed by atoms with van der Waals surface area (Å²) in [6.07, 6.45) is 0.522. The molecule has 0 spiro atoms. The van der Waals surface area contributed by atoms with Crippen LogP contribution in [0.4, 0.5) is 0 Å². The van der Waals surface area contributed by atoms with Gasteiger partial charge in [-0.15, -0.1) is 0 Å². The van der Waals surface area contributed by atoms with Gasteiger partial charge in [0, 0.05) is 14.1 Å². The molecule has 0 saturated heterocycles. The van der Waals surface area contributed by atoms with Gasteiger partial charge in [-0.3, -0.25) is 86.3 Å². The van der Waals surface area contributed by atoms with Gasteiger partial charge in [0.25, 0.3) is 0 Å². The van der Waals surface area contributed by atoms with Crippen molar-refractivity contribution in [3.05, 3.63) is 35.9 Å². The summed E-state index contributed by atoms with van der Waals surface area (Å²) < 4.78 is 5.50. The molecule has 0 aliphatic carbocycles. The summed E-state index contributed by atoms with van der Waals surface area (Å²) in [5.41, 5.74) is -13.1. The lowest BCUT2D eigenvalue weighted by Crippen LogP contribution is -2.66. The molecular weight excluding hydrogens is 1740 g/mol. The van der Waals surface area contributed by atoms with Crippen molar-refractivity contribution in [2.75, 3.05) is 40.8 Å². The zero-order valence-electron chi connectivity index (χ0n) is 87.2. The van der Waals surface area contributed by atoms with Crippen molar-refractivity contribution in [3.8, 4) is 0 Å². The van der Waals surface area contributed by atoms with E-state index in [4.69, 9.17) is 4.74 Å². The zero-order valence-corrected chi connectivity index (χ0v) is 87.2. The first-order valence-corrected chi connectivity index (χ1v) is 46.9. The van der Waals surface area contributed by atoms with Crippen LogP contribution in [0.15, 0.2) is 30.3 Å². The van der Waals surface area contributed by atoms with Crippen LogP contribution in [0.5, 0.6) is 0 Å². The number of likely N-dealkylation sites (N-methyl/N-ethyl adjacent to an activating group) is 3. The standard InChI is InChI=1S/C96H167N19O20/c1-53(2)41-62(98-70(116)50-114(34)72(118)51-115(35)71(117)49-97-33)73(119)106-89(17,18)81(127)99-63(42-54(3)4)74(120)107-90(19,20)82(128)100-64(43-55(5)6)75(121)108-91(21,22)83(129)101-65(44-56(7)8)76(122)109-92(23,24)84(130)102-66(45-57(9)10)77(123)110-93(25,26)85(131)103-67(46-58(11)12)78(124)111-94(27,28)86(132)104-68(47-59(13)14)79(125)112-95(29,30)87(133)105-69(48-60(15)16)80(126)113-96(31,32)88(134)135-52-61-39-37-36-38-40-61/h36-40,53-60,62-69,97H,41-52H2,1-35H3,(H,98,116)(H,99,127)(H,100,128)(H,101,129)(H,102,130)(H,103,131)(H,104,132)(H,105,133)(H,106,119)(H,107,120)(H,108,121)(H,109,122)(H,110,123)(H,111,124)(H,112,125)(H,113,126)/t62-,63-,64-,65-,66-,67-,68-,69-/m0/s1. The SMILES string of the molecule is CNCC(=O)N(C)CC(=O)N(C)CC(=O)N[C@@H](CC(C)C)C(=O)NC(C)(C)C(=O)N[C@@H](CC(C)C)C(=O)NC(C)(C)C(=O)N[C@@H](CC(C)C)C(=O)NC(C)(C)C(=O)N[C@@H](CC(C)C)C(=O)NC(C)(C)C(=O)N[C@@H](CC(C)C)C(=O)NC(C)(C)C(=O)N[C@@H](CC(C)C)C(=O)NC(C)(C)C(=O)N[C@@H](CC(C)C)C(=O)NC(C)(C)C(=O)N[C@@H](CC(C)C)C(=O)NC(C)(C)C(=O)OCc1ccccc1. The molecular formula is C96H167N19O20. The molecule has 0 aliphatic rings. The van der Waals surface area contributed by atoms with Crippen LogP contribution in [0.25, 0.3) is 0 Å². The minimum atomic E-state index is -1.80. The van der Waals surface area contributed by atoms with Crippen molar-refractivity contribution in [1.82, 2.24) is 100 Å². The van der Waals surface area contributed by atoms with Crippen molar-refractivity contribution < 1.29 is 95.8 Å². The van der Waals surface area contributed by atoms with Gasteiger partial charge in [0.05, 0.1) is 19.6 Å². The second kappa shape index (κ2) is 53.0. The van der Waals surface area contributed by atoms with Gasteiger partial charge < -0.3 is 105 Å². The fourth-order valence-electron chi connectivity index (χ4n) is 13.7. The summed E-state index contributed by atoms with van der Waals surface area (Å²) in [5.74, 6) is -15.8. The van der Waals surface area contributed by atoms with Crippen molar-refractivity contribution >= 4 is 112 Å². The number of hydrogen-bond donors (Lipinski definition) is 17. The summed E-state index contributed by atoms with van der Waals surface area (Å²) in [7, 11) is 4.40. The lowest BCUT2D eigenvalue weighted by molar-refractivity contribution is -0.154. The molecule has 18 amide bonds. The van der Waals surface area contributed by atoms with Crippen molar-refractivity contribution in [2.24, 2.45) is 47.3 Å². The van der Waals surface area contributed by atoms with E-state index in [1.54, 1.807) is 101 Å². The molecule has 1 aromatic carbocycles. The van der Waals surface area contributed by atoms with Gasteiger partial charge in [-0.05, 0) is 222 Å². The van der Waals surface area contributed by atoms with Gasteiger partial charge in [-0.2, -0.15) is 0 Å². The number of nitrogens with one attached hydrogen (secondary N) is 17. The Morgan fingerprint density at radius 3 is 0.644 bits per heavy atom. The van der Waals surface area contributed by atoms with E-state index in [1.807, 2.05) is 47.6 Å². The van der Waals surface area contributed by atoms with Crippen LogP contribution in [0.2, 0.25) is 0 Å². The summed E-state index contributed by atoms with van der Waals surface area (Å²) in [4.78, 5) is 269. The molecule has 0 radical (unpaired) electrons. The van der Waals surface area contributed by atoms with Crippen LogP contribution >= 0.6 is 0 Å². The number of ether oxygens (including phenoxy) is 1. The molecule has 0 unspecified atom stereocenters. The highest BCUT2D eigenvalue weighted by Gasteiger charge is 2.46. The van der Waals surface area contributed by atoms with Crippen LogP contribution in [-0.4, -0.2) is 256 Å². The largest absolute Gasteiger partial charge is 0.459 e. The van der Waals surface area contributed by atoms with Gasteiger partial charge in [-0.25, -0.2) is 4.79 Å². The van der Waals surface area contributed by atoms with Crippen molar-refractivity contribution in [2.45, 2.75) is 372 Å². The van der Waals surface area contributed by atoms with E-state index in [0.717, 1.165) is 10.5 Å². The Morgan fingerprint density at radius 2 is 0.452 bits per heavy atom. The van der Waals surface area contributed by atoms with E-state index >= 15 is 0 Å². The van der Waals surface area contributed by atoms with Gasteiger partial charge in [-0.1, -0.05) is 141 Å². The predicted molar refractivity (Wildman–Crippen MR) is 514 cm³/mol. The fraction of sp³-hybridized carbons (Fsp3) is 0.740. The lowest BCUT2D eigenvalue weighted by Gasteiger charge is -2.35. The third-order valence-electron chi connectivity index (χ3n) is 21.8. The molecule has 0 aromatic heterocycles. The minimum Gasteiger partial charge on any atom is -0.459 e. The minimum absolute atomic E-state index is 0.00158. The molecule has 1 aromatic rings. The summed E-state index contributed by atoms with van der Waals surface area (Å²) in [5, 5.41) is 46.0. The van der Waals surface area contributed by atoms with Crippen LogP contribution in [-0.2, 0) is 102 Å². The highest BCUT2D eigenvalue weighted by molar-refractivity contribution is 6.04. The Kier molecular flexibility index (Phi) is 47.9. The first kappa shape index (κ1) is 122. The van der Waals surface area contributed by atoms with E-state index in [2.05, 4.69) is 90.4 Å². The van der Waals surface area contributed by atoms with Crippen LogP contribution in [0.1, 0.15) is 278 Å². The molecule has 0 bridgehead atoms. The number of rotatable bonds is 56. The molecule has 1 rings (SSSR count). The predicted octanol–water partition coefficient (Wildman–Crippen LogP) is 3.27. The fourth-order valence-corrected chi connectivity index (χ4v) is 13.7. The maximum absolute atomic E-state index is 14.5. The third kappa shape index (κ3) is 42.9. The highest BCUT2D eigenvalue weighted by Crippen LogP contribution is 2.22. The Balaban J connectivity index is 3.37. The number of benzene rings is 1. The van der Waals surface area contributed by atoms with Crippen molar-refractivity contribution in [1.29, 1.82) is 0 Å². The Hall–Kier alpha value is -10.9. The highest BCUT2D eigenvalue weighted by atomic mass is 16.5. The lowest BCUT2D eigenvalue weighted by atomic mass is 9.95. The number of amides is 18. The molecule has 0 fully saturated rings. The second-order valence-corrected chi connectivity index (χ2v) is 43.3. The van der Waals surface area contributed by atoms with E-state index in [1.165, 1.54) is 130 Å². The Labute approximate surface area is 800 Å². The van der Waals surface area contributed by atoms with E-state index in [-0.39, 0.29) is 124 Å². The first-order chi connectivity index (χ1) is 61.5. The number of hydrogen-bond acceptors (Lipinski definition) is 21. The third-order valence-corrected chi connectivity index (χ3v) is 21.8. The Bertz CT molecular complexity index is 4240. The molecule has 17 N–H and O–H groups in total. The molecule has 8 atom stereocenters. The smallest absolute Gasteiger partial charge is 0.331 e. The maximum atomic E-state index is 14.5. The van der Waals surface area contributed by atoms with Gasteiger partial charge in [0.1, 0.15) is 99.3 Å². The molecule has 135 heavy (non-hydrogen) atoms. The van der Waals surface area contributed by atoms with E-state index < -0.39 is 206 Å². The zero-order chi connectivity index (χ0) is 105. The number of esters is 1. The van der Waals surface area contributed by atoms with Crippen molar-refractivity contribution in [3.63, 3.8) is 0 Å². The molecule has 0 heterocycles. The van der Waals surface area contributed by atoms with Crippen LogP contribution in [0, 0.1) is 47.3 Å². The molecule has 39 nitrogen and oxygen atoms in total. The maximum Gasteiger partial charge on any atom is 0.331 e. The number of carbonyl (C=O) groups is 19. The monoisotopic (exact) mass is 1910 g/mol. The molecule has 0 saturated carbocycles. The first-order valence-electron chi connectivity index (χ1n) is 46.9. The average Bonchev–Trinajstić information content (AvgIpc) is 0.826. The molecule has 39 heteroatoms. The van der Waals surface area contributed by atoms with Gasteiger partial charge in [0.2, 0.25) is 106 Å². The topological polar surface area (TPSA) is 545 Å². The normalized spacial score (nSPS) is 14.1. The average molecular weight is 1910 g/mol. The molecule has 766 valence electrons. The summed E-state index contributed by atoms with van der Waals surface area (Å²) in [6, 6.07) is -1.20. The van der Waals surface area contributed by atoms with Crippen LogP contribution < -0.4 is 90.4 Å². The van der Waals surface area contributed by atoms with Crippen LogP contribution in [0.3, 0.4) is 0 Å². The summed E-state index contributed by atoms with van der Waals surface area (Å²) in [6.45, 7) is 50.5. The molecule has 0 aliphatic heterocycles. The van der Waals surface area contributed by atoms with E-state index in [0.29, 0.717) is 0 Å². The number of nitrogens with zero attached hydrogens (tertiary/aromatic N) is 2. The Morgan fingerprint density at radius 1 is 0.267 bits per heavy atom. The quantitative estimate of drug-likeness (QED) is 0.0416. The summed E-state index contributed by atoms with van der Waals surface area (Å²) >= 11 is 0. The van der Waals surface area contributed by atoms with E-state index in [9.17, 15) is 91.1 Å². The van der Waals surface area contributed by atoms with Gasteiger partial charge in [0.15, 0.2) is 0 Å². The second-order valence-electron chi connectivity index (χ2n) is 43.3. The van der Waals surface area contributed by atoms with Gasteiger partial charge >= 0.3 is 5.97 Å². The number of carbonyl (C=O) groups excluding carboxylic acids is 19.